The topological polar surface area (TPSA) is 71.5 Å². The first kappa shape index (κ1) is 15.2. The van der Waals surface area contributed by atoms with Crippen LogP contribution in [0, 0.1) is 0 Å². The van der Waals surface area contributed by atoms with Gasteiger partial charge >= 0.3 is 12.1 Å². The molecule has 1 atom stereocenters. The second-order valence-corrected chi connectivity index (χ2v) is 3.73. The van der Waals surface area contributed by atoms with Crippen LogP contribution in [0.1, 0.15) is 12.0 Å². The molecule has 19 heavy (non-hydrogen) atoms. The number of carbonyl (C=O) groups is 1. The normalized spacial score (nSPS) is 13.1. The lowest BCUT2D eigenvalue weighted by atomic mass is 10.2. The van der Waals surface area contributed by atoms with Crippen molar-refractivity contribution in [1.29, 1.82) is 0 Å². The van der Waals surface area contributed by atoms with Gasteiger partial charge in [-0.1, -0.05) is 0 Å². The van der Waals surface area contributed by atoms with Crippen LogP contribution in [0.15, 0.2) is 18.3 Å². The molecule has 1 aromatic heterocycles. The third-order valence-electron chi connectivity index (χ3n) is 2.35. The van der Waals surface area contributed by atoms with Gasteiger partial charge in [-0.2, -0.15) is 13.2 Å². The molecule has 1 heterocycles. The molecule has 0 fully saturated rings. The Morgan fingerprint density at radius 3 is 2.79 bits per heavy atom. The largest absolute Gasteiger partial charge is 0.481 e. The van der Waals surface area contributed by atoms with Crippen LogP contribution in [0.3, 0.4) is 0 Å². The number of nitrogens with one attached hydrogen (secondary N) is 1. The van der Waals surface area contributed by atoms with Crippen LogP contribution in [0.5, 0.6) is 0 Å². The van der Waals surface area contributed by atoms with E-state index in [9.17, 15) is 18.0 Å². The van der Waals surface area contributed by atoms with Crippen LogP contribution < -0.4 is 5.32 Å². The summed E-state index contributed by atoms with van der Waals surface area (Å²) >= 11 is 0. The Labute approximate surface area is 107 Å². The van der Waals surface area contributed by atoms with Gasteiger partial charge in [-0.15, -0.1) is 0 Å². The zero-order valence-corrected chi connectivity index (χ0v) is 10.1. The second-order valence-electron chi connectivity index (χ2n) is 3.73. The van der Waals surface area contributed by atoms with Crippen molar-refractivity contribution in [2.24, 2.45) is 0 Å². The lowest BCUT2D eigenvalue weighted by molar-refractivity contribution is -0.140. The van der Waals surface area contributed by atoms with Crippen molar-refractivity contribution in [1.82, 2.24) is 4.98 Å². The molecule has 1 aromatic rings. The summed E-state index contributed by atoms with van der Waals surface area (Å²) in [5.41, 5.74) is -0.903. The average molecular weight is 278 g/mol. The van der Waals surface area contributed by atoms with E-state index in [-0.39, 0.29) is 18.8 Å². The number of rotatable bonds is 6. The number of halogens is 3. The Balaban J connectivity index is 2.74. The first-order chi connectivity index (χ1) is 8.84. The summed E-state index contributed by atoms with van der Waals surface area (Å²) < 4.78 is 42.8. The highest BCUT2D eigenvalue weighted by Gasteiger charge is 2.34. The van der Waals surface area contributed by atoms with Gasteiger partial charge in [-0.25, -0.2) is 4.98 Å². The van der Waals surface area contributed by atoms with Crippen molar-refractivity contribution < 1.29 is 27.8 Å². The van der Waals surface area contributed by atoms with Crippen molar-refractivity contribution in [2.75, 3.05) is 19.0 Å². The number of pyridine rings is 1. The van der Waals surface area contributed by atoms with Crippen LogP contribution in [0.2, 0.25) is 0 Å². The molecule has 0 bridgehead atoms. The third-order valence-corrected chi connectivity index (χ3v) is 2.35. The van der Waals surface area contributed by atoms with Crippen LogP contribution in [0.25, 0.3) is 0 Å². The third kappa shape index (κ3) is 4.74. The number of aliphatic carboxylic acids is 1. The van der Waals surface area contributed by atoms with E-state index < -0.39 is 23.8 Å². The van der Waals surface area contributed by atoms with Crippen LogP contribution in [-0.2, 0) is 15.7 Å². The Bertz CT molecular complexity index is 437. The molecule has 1 rings (SSSR count). The number of aromatic nitrogens is 1. The minimum absolute atomic E-state index is 0.0805. The molecule has 0 saturated carbocycles. The van der Waals surface area contributed by atoms with Gasteiger partial charge in [-0.3, -0.25) is 4.79 Å². The maximum Gasteiger partial charge on any atom is 0.419 e. The Morgan fingerprint density at radius 1 is 1.58 bits per heavy atom. The Morgan fingerprint density at radius 2 is 2.26 bits per heavy atom. The van der Waals surface area contributed by atoms with Crippen molar-refractivity contribution in [3.63, 3.8) is 0 Å². The quantitative estimate of drug-likeness (QED) is 0.832. The standard InChI is InChI=1S/C11H13F3N2O3/c1-19-7(5-9(17)18)6-16-10-8(11(12,13)14)3-2-4-15-10/h2-4,7H,5-6H2,1H3,(H,15,16)(H,17,18). The molecule has 0 aliphatic rings. The molecule has 0 aliphatic heterocycles. The molecule has 0 aliphatic carbocycles. The maximum absolute atomic E-state index is 12.7. The molecular formula is C11H13F3N2O3. The summed E-state index contributed by atoms with van der Waals surface area (Å²) in [6, 6.07) is 2.08. The van der Waals surface area contributed by atoms with Gasteiger partial charge < -0.3 is 15.2 Å². The molecule has 1 unspecified atom stereocenters. The van der Waals surface area contributed by atoms with E-state index in [4.69, 9.17) is 9.84 Å². The van der Waals surface area contributed by atoms with Crippen molar-refractivity contribution in [3.05, 3.63) is 23.9 Å². The molecule has 0 spiro atoms. The number of hydrogen-bond donors (Lipinski definition) is 2. The monoisotopic (exact) mass is 278 g/mol. The first-order valence-corrected chi connectivity index (χ1v) is 5.35. The zero-order valence-electron chi connectivity index (χ0n) is 10.1. The molecule has 8 heteroatoms. The van der Waals surface area contributed by atoms with Gasteiger partial charge in [0.25, 0.3) is 0 Å². The maximum atomic E-state index is 12.7. The molecule has 2 N–H and O–H groups in total. The Kier molecular flexibility index (Phi) is 5.11. The molecule has 0 aromatic carbocycles. The van der Waals surface area contributed by atoms with E-state index in [1.807, 2.05) is 0 Å². The highest BCUT2D eigenvalue weighted by atomic mass is 19.4. The summed E-state index contributed by atoms with van der Waals surface area (Å²) in [4.78, 5) is 14.1. The molecule has 0 amide bonds. The molecule has 5 nitrogen and oxygen atoms in total. The predicted molar refractivity (Wildman–Crippen MR) is 60.8 cm³/mol. The number of alkyl halides is 3. The number of nitrogens with zero attached hydrogens (tertiary/aromatic N) is 1. The minimum atomic E-state index is -4.52. The summed E-state index contributed by atoms with van der Waals surface area (Å²) in [6.07, 6.45) is -4.35. The summed E-state index contributed by atoms with van der Waals surface area (Å²) in [7, 11) is 1.29. The number of carboxylic acid groups (broad SMARTS) is 1. The highest BCUT2D eigenvalue weighted by Crippen LogP contribution is 2.33. The Hall–Kier alpha value is -1.83. The van der Waals surface area contributed by atoms with E-state index in [1.165, 1.54) is 19.4 Å². The fraction of sp³-hybridized carbons (Fsp3) is 0.455. The number of carboxylic acids is 1. The van der Waals surface area contributed by atoms with Gasteiger partial charge in [0.2, 0.25) is 0 Å². The fourth-order valence-electron chi connectivity index (χ4n) is 1.42. The SMILES string of the molecule is COC(CNc1ncccc1C(F)(F)F)CC(=O)O. The van der Waals surface area contributed by atoms with Gasteiger partial charge in [0, 0.05) is 19.9 Å². The summed E-state index contributed by atoms with van der Waals surface area (Å²) in [5, 5.41) is 11.0. The average Bonchev–Trinajstić information content (AvgIpc) is 2.33. The van der Waals surface area contributed by atoms with E-state index >= 15 is 0 Å². The van der Waals surface area contributed by atoms with Crippen molar-refractivity contribution >= 4 is 11.8 Å². The van der Waals surface area contributed by atoms with Crippen LogP contribution in [0.4, 0.5) is 19.0 Å². The molecule has 0 saturated heterocycles. The van der Waals surface area contributed by atoms with Gasteiger partial charge in [0.05, 0.1) is 18.1 Å². The summed E-state index contributed by atoms with van der Waals surface area (Å²) in [5.74, 6) is -1.44. The number of ether oxygens (including phenoxy) is 1. The van der Waals surface area contributed by atoms with Gasteiger partial charge in [-0.05, 0) is 12.1 Å². The molecular weight excluding hydrogens is 265 g/mol. The fourth-order valence-corrected chi connectivity index (χ4v) is 1.42. The van der Waals surface area contributed by atoms with Crippen LogP contribution in [-0.4, -0.2) is 35.8 Å². The predicted octanol–water partition coefficient (Wildman–Crippen LogP) is 2.00. The first-order valence-electron chi connectivity index (χ1n) is 5.35. The van der Waals surface area contributed by atoms with E-state index in [2.05, 4.69) is 10.3 Å². The molecule has 0 radical (unpaired) electrons. The van der Waals surface area contributed by atoms with Crippen LogP contribution >= 0.6 is 0 Å². The lowest BCUT2D eigenvalue weighted by Gasteiger charge is -2.17. The molecule has 106 valence electrons. The highest BCUT2D eigenvalue weighted by molar-refractivity contribution is 5.67. The minimum Gasteiger partial charge on any atom is -0.481 e. The van der Waals surface area contributed by atoms with Gasteiger partial charge in [0.1, 0.15) is 5.82 Å². The van der Waals surface area contributed by atoms with Crippen molar-refractivity contribution in [3.8, 4) is 0 Å². The number of anilines is 1. The number of hydrogen-bond acceptors (Lipinski definition) is 4. The number of methoxy groups -OCH3 is 1. The van der Waals surface area contributed by atoms with E-state index in [0.717, 1.165) is 6.07 Å². The van der Waals surface area contributed by atoms with E-state index in [1.54, 1.807) is 0 Å². The van der Waals surface area contributed by atoms with E-state index in [0.29, 0.717) is 0 Å². The van der Waals surface area contributed by atoms with Crippen molar-refractivity contribution in [2.45, 2.75) is 18.7 Å². The second kappa shape index (κ2) is 6.37. The zero-order chi connectivity index (χ0) is 14.5. The summed E-state index contributed by atoms with van der Waals surface area (Å²) in [6.45, 7) is -0.0805. The smallest absolute Gasteiger partial charge is 0.419 e. The lowest BCUT2D eigenvalue weighted by Crippen LogP contribution is -2.26. The van der Waals surface area contributed by atoms with Gasteiger partial charge in [0.15, 0.2) is 0 Å².